The van der Waals surface area contributed by atoms with Crippen LogP contribution in [0.2, 0.25) is 0 Å². The Balaban J connectivity index is 2.30. The van der Waals surface area contributed by atoms with Crippen LogP contribution in [-0.4, -0.2) is 20.4 Å². The molecule has 0 fully saturated rings. The zero-order chi connectivity index (χ0) is 11.8. The van der Waals surface area contributed by atoms with E-state index in [9.17, 15) is 0 Å². The van der Waals surface area contributed by atoms with Crippen LogP contribution in [0.1, 0.15) is 11.3 Å². The van der Waals surface area contributed by atoms with Crippen LogP contribution in [0.5, 0.6) is 0 Å². The number of hydrogen-bond acceptors (Lipinski definition) is 3. The fourth-order valence-electron chi connectivity index (χ4n) is 2.06. The van der Waals surface area contributed by atoms with Crippen LogP contribution in [0.3, 0.4) is 0 Å². The second-order valence-electron chi connectivity index (χ2n) is 4.14. The summed E-state index contributed by atoms with van der Waals surface area (Å²) in [5.74, 6) is 0. The zero-order valence-corrected chi connectivity index (χ0v) is 9.73. The number of pyridine rings is 1. The van der Waals surface area contributed by atoms with Crippen molar-refractivity contribution in [3.8, 4) is 11.1 Å². The highest BCUT2D eigenvalue weighted by molar-refractivity contribution is 5.91. The molecule has 0 saturated carbocycles. The van der Waals surface area contributed by atoms with E-state index in [-0.39, 0.29) is 0 Å². The molecule has 0 atom stereocenters. The Labute approximate surface area is 98.7 Å². The molecule has 4 nitrogen and oxygen atoms in total. The topological polar surface area (TPSA) is 54.5 Å². The summed E-state index contributed by atoms with van der Waals surface area (Å²) in [6, 6.07) is 8.05. The molecule has 0 spiro atoms. The summed E-state index contributed by atoms with van der Waals surface area (Å²) >= 11 is 0. The Kier molecular flexibility index (Phi) is 2.14. The van der Waals surface area contributed by atoms with Crippen LogP contribution in [0.25, 0.3) is 22.2 Å². The molecule has 84 valence electrons. The molecule has 1 N–H and O–H groups in total. The van der Waals surface area contributed by atoms with E-state index in [2.05, 4.69) is 33.4 Å². The summed E-state index contributed by atoms with van der Waals surface area (Å²) in [5, 5.41) is 10.9. The minimum atomic E-state index is 0.877. The van der Waals surface area contributed by atoms with Crippen LogP contribution < -0.4 is 0 Å². The molecule has 17 heavy (non-hydrogen) atoms. The van der Waals surface area contributed by atoms with Gasteiger partial charge in [0.1, 0.15) is 11.0 Å². The van der Waals surface area contributed by atoms with Crippen molar-refractivity contribution < 1.29 is 0 Å². The maximum atomic E-state index is 4.35. The van der Waals surface area contributed by atoms with Gasteiger partial charge in [-0.2, -0.15) is 15.4 Å². The Morgan fingerprint density at radius 2 is 1.94 bits per heavy atom. The minimum Gasteiger partial charge on any atom is -0.261 e. The third-order valence-corrected chi connectivity index (χ3v) is 2.88. The summed E-state index contributed by atoms with van der Waals surface area (Å²) in [5.41, 5.74) is 6.17. The number of nitrogens with zero attached hydrogens (tertiary/aromatic N) is 3. The molecule has 0 saturated heterocycles. The van der Waals surface area contributed by atoms with Gasteiger partial charge in [-0.15, -0.1) is 0 Å². The van der Waals surface area contributed by atoms with Gasteiger partial charge in [0.2, 0.25) is 0 Å². The number of benzene rings is 1. The molecule has 2 aromatic heterocycles. The normalized spacial score (nSPS) is 10.9. The maximum absolute atomic E-state index is 4.35. The minimum absolute atomic E-state index is 0.877. The average Bonchev–Trinajstić information content (AvgIpc) is 2.77. The Morgan fingerprint density at radius 3 is 2.76 bits per heavy atom. The molecule has 2 heterocycles. The smallest absolute Gasteiger partial charge is 0.120 e. The Hall–Kier alpha value is -2.23. The van der Waals surface area contributed by atoms with Crippen LogP contribution in [-0.2, 0) is 0 Å². The maximum Gasteiger partial charge on any atom is 0.120 e. The van der Waals surface area contributed by atoms with E-state index in [0.29, 0.717) is 0 Å². The molecule has 0 aliphatic rings. The van der Waals surface area contributed by atoms with Crippen molar-refractivity contribution in [2.24, 2.45) is 0 Å². The van der Waals surface area contributed by atoms with E-state index in [1.807, 2.05) is 31.3 Å². The van der Waals surface area contributed by atoms with Crippen LogP contribution in [0.15, 0.2) is 30.5 Å². The van der Waals surface area contributed by atoms with Gasteiger partial charge in [-0.3, -0.25) is 4.98 Å². The number of aryl methyl sites for hydroxylation is 2. The van der Waals surface area contributed by atoms with Gasteiger partial charge in [-0.05, 0) is 31.5 Å². The van der Waals surface area contributed by atoms with Crippen molar-refractivity contribution in [2.45, 2.75) is 13.8 Å². The highest BCUT2D eigenvalue weighted by atomic mass is 15.3. The van der Waals surface area contributed by atoms with Crippen molar-refractivity contribution in [3.05, 3.63) is 41.7 Å². The van der Waals surface area contributed by atoms with Gasteiger partial charge in [0.15, 0.2) is 0 Å². The highest BCUT2D eigenvalue weighted by Crippen LogP contribution is 2.28. The van der Waals surface area contributed by atoms with Gasteiger partial charge in [-0.1, -0.05) is 12.1 Å². The summed E-state index contributed by atoms with van der Waals surface area (Å²) in [4.78, 5) is 4.35. The van der Waals surface area contributed by atoms with Crippen LogP contribution in [0.4, 0.5) is 0 Å². The second kappa shape index (κ2) is 3.66. The van der Waals surface area contributed by atoms with Crippen molar-refractivity contribution >= 4 is 11.0 Å². The predicted octanol–water partition coefficient (Wildman–Crippen LogP) is 2.64. The van der Waals surface area contributed by atoms with E-state index < -0.39 is 0 Å². The number of aromatic amines is 1. The number of para-hydroxylation sites is 1. The summed E-state index contributed by atoms with van der Waals surface area (Å²) < 4.78 is 0. The largest absolute Gasteiger partial charge is 0.261 e. The van der Waals surface area contributed by atoms with Crippen molar-refractivity contribution in [2.75, 3.05) is 0 Å². The first-order valence-corrected chi connectivity index (χ1v) is 5.49. The first kappa shape index (κ1) is 9.96. The molecule has 0 amide bonds. The lowest BCUT2D eigenvalue weighted by Gasteiger charge is -2.06. The first-order valence-electron chi connectivity index (χ1n) is 5.49. The molecule has 0 aliphatic heterocycles. The monoisotopic (exact) mass is 224 g/mol. The molecule has 0 aliphatic carbocycles. The zero-order valence-electron chi connectivity index (χ0n) is 9.73. The lowest BCUT2D eigenvalue weighted by atomic mass is 10.0. The molecule has 0 bridgehead atoms. The van der Waals surface area contributed by atoms with Gasteiger partial charge in [0, 0.05) is 23.0 Å². The molecule has 0 unspecified atom stereocenters. The SMILES string of the molecule is Cc1cc(C)c(-c2cccc3n[nH]nc23)cn1. The molecule has 1 aromatic carbocycles. The van der Waals surface area contributed by atoms with E-state index in [0.717, 1.165) is 27.9 Å². The van der Waals surface area contributed by atoms with Crippen LogP contribution >= 0.6 is 0 Å². The predicted molar refractivity (Wildman–Crippen MR) is 66.6 cm³/mol. The van der Waals surface area contributed by atoms with E-state index in [1.165, 1.54) is 5.56 Å². The molecular formula is C13H12N4. The van der Waals surface area contributed by atoms with Gasteiger partial charge in [0.05, 0.1) is 0 Å². The molecular weight excluding hydrogens is 212 g/mol. The lowest BCUT2D eigenvalue weighted by molar-refractivity contribution is 0.959. The quantitative estimate of drug-likeness (QED) is 0.691. The average molecular weight is 224 g/mol. The second-order valence-corrected chi connectivity index (χ2v) is 4.14. The van der Waals surface area contributed by atoms with Crippen molar-refractivity contribution in [3.63, 3.8) is 0 Å². The number of aromatic nitrogens is 4. The van der Waals surface area contributed by atoms with E-state index in [4.69, 9.17) is 0 Å². The number of hydrogen-bond donors (Lipinski definition) is 1. The van der Waals surface area contributed by atoms with Gasteiger partial charge >= 0.3 is 0 Å². The number of rotatable bonds is 1. The van der Waals surface area contributed by atoms with Crippen molar-refractivity contribution in [1.82, 2.24) is 20.4 Å². The van der Waals surface area contributed by atoms with Gasteiger partial charge < -0.3 is 0 Å². The molecule has 3 rings (SSSR count). The third kappa shape index (κ3) is 1.58. The van der Waals surface area contributed by atoms with E-state index >= 15 is 0 Å². The van der Waals surface area contributed by atoms with E-state index in [1.54, 1.807) is 0 Å². The highest BCUT2D eigenvalue weighted by Gasteiger charge is 2.09. The molecule has 3 aromatic rings. The molecule has 0 radical (unpaired) electrons. The molecule has 4 heteroatoms. The third-order valence-electron chi connectivity index (χ3n) is 2.88. The number of fused-ring (bicyclic) bond motifs is 1. The standard InChI is InChI=1S/C13H12N4/c1-8-6-9(2)14-7-11(8)10-4-3-5-12-13(10)16-17-15-12/h3-7H,1-2H3,(H,15,16,17). The summed E-state index contributed by atoms with van der Waals surface area (Å²) in [6.07, 6.45) is 1.90. The summed E-state index contributed by atoms with van der Waals surface area (Å²) in [7, 11) is 0. The fourth-order valence-corrected chi connectivity index (χ4v) is 2.06. The Bertz CT molecular complexity index is 685. The first-order chi connectivity index (χ1) is 8.25. The van der Waals surface area contributed by atoms with Crippen molar-refractivity contribution in [1.29, 1.82) is 0 Å². The van der Waals surface area contributed by atoms with Gasteiger partial charge in [-0.25, -0.2) is 0 Å². The van der Waals surface area contributed by atoms with Gasteiger partial charge in [0.25, 0.3) is 0 Å². The number of nitrogens with one attached hydrogen (secondary N) is 1. The fraction of sp³-hybridized carbons (Fsp3) is 0.154. The Morgan fingerprint density at radius 1 is 1.06 bits per heavy atom. The lowest BCUT2D eigenvalue weighted by Crippen LogP contribution is -1.89. The number of H-pyrrole nitrogens is 1. The van der Waals surface area contributed by atoms with Crippen LogP contribution in [0, 0.1) is 13.8 Å². The summed E-state index contributed by atoms with van der Waals surface area (Å²) in [6.45, 7) is 4.08.